The highest BCUT2D eigenvalue weighted by Crippen LogP contribution is 2.20. The monoisotopic (exact) mass is 303 g/mol. The van der Waals surface area contributed by atoms with Crippen LogP contribution in [0.2, 0.25) is 5.02 Å². The Morgan fingerprint density at radius 2 is 1.86 bits per heavy atom. The van der Waals surface area contributed by atoms with Crippen LogP contribution in [-0.2, 0) is 11.3 Å². The lowest BCUT2D eigenvalue weighted by molar-refractivity contribution is -0.123. The van der Waals surface area contributed by atoms with Gasteiger partial charge >= 0.3 is 0 Å². The molecule has 0 aliphatic rings. The van der Waals surface area contributed by atoms with Crippen molar-refractivity contribution in [2.75, 3.05) is 6.61 Å². The lowest BCUT2D eigenvalue weighted by atomic mass is 10.1. The zero-order valence-electron chi connectivity index (χ0n) is 12.2. The maximum atomic E-state index is 11.7. The summed E-state index contributed by atoms with van der Waals surface area (Å²) in [5.41, 5.74) is 3.19. The molecule has 2 aromatic carbocycles. The van der Waals surface area contributed by atoms with Crippen molar-refractivity contribution in [2.45, 2.75) is 20.4 Å². The molecule has 0 fully saturated rings. The van der Waals surface area contributed by atoms with Crippen LogP contribution in [0.15, 0.2) is 42.5 Å². The van der Waals surface area contributed by atoms with Gasteiger partial charge in [0, 0.05) is 11.6 Å². The minimum atomic E-state index is -0.150. The summed E-state index contributed by atoms with van der Waals surface area (Å²) in [6, 6.07) is 13.4. The van der Waals surface area contributed by atoms with Crippen molar-refractivity contribution >= 4 is 17.5 Å². The third-order valence-electron chi connectivity index (χ3n) is 3.11. The first-order valence-electron chi connectivity index (χ1n) is 6.76. The summed E-state index contributed by atoms with van der Waals surface area (Å²) < 4.78 is 5.44. The Balaban J connectivity index is 1.79. The Bertz CT molecular complexity index is 623. The van der Waals surface area contributed by atoms with Crippen LogP contribution in [-0.4, -0.2) is 12.5 Å². The van der Waals surface area contributed by atoms with Crippen molar-refractivity contribution < 1.29 is 9.53 Å². The Kier molecular flexibility index (Phi) is 5.23. The van der Waals surface area contributed by atoms with E-state index >= 15 is 0 Å². The van der Waals surface area contributed by atoms with E-state index in [2.05, 4.69) is 5.32 Å². The average Bonchev–Trinajstić information content (AvgIpc) is 2.48. The van der Waals surface area contributed by atoms with Gasteiger partial charge in [-0.1, -0.05) is 41.4 Å². The van der Waals surface area contributed by atoms with Crippen LogP contribution in [0.4, 0.5) is 0 Å². The molecule has 0 radical (unpaired) electrons. The first-order valence-corrected chi connectivity index (χ1v) is 7.13. The number of hydrogen-bond donors (Lipinski definition) is 1. The Morgan fingerprint density at radius 3 is 2.52 bits per heavy atom. The molecular weight excluding hydrogens is 286 g/mol. The van der Waals surface area contributed by atoms with E-state index in [0.29, 0.717) is 17.3 Å². The number of aryl methyl sites for hydroxylation is 2. The van der Waals surface area contributed by atoms with E-state index in [4.69, 9.17) is 16.3 Å². The van der Waals surface area contributed by atoms with E-state index in [1.165, 1.54) is 5.56 Å². The number of carbonyl (C=O) groups is 1. The molecule has 4 heteroatoms. The molecule has 0 spiro atoms. The summed E-state index contributed by atoms with van der Waals surface area (Å²) in [4.78, 5) is 11.7. The van der Waals surface area contributed by atoms with E-state index in [0.717, 1.165) is 11.1 Å². The molecule has 0 aromatic heterocycles. The summed E-state index contributed by atoms with van der Waals surface area (Å²) in [7, 11) is 0. The van der Waals surface area contributed by atoms with Gasteiger partial charge in [-0.05, 0) is 43.2 Å². The van der Waals surface area contributed by atoms with Gasteiger partial charge in [0.15, 0.2) is 6.61 Å². The summed E-state index contributed by atoms with van der Waals surface area (Å²) in [5.74, 6) is 0.491. The standard InChI is InChI=1S/C17H18ClNO2/c1-12-3-5-14(6-4-12)10-19-17(20)11-21-15-7-8-16(18)13(2)9-15/h3-9H,10-11H2,1-2H3,(H,19,20). The molecule has 1 amide bonds. The molecule has 2 rings (SSSR count). The highest BCUT2D eigenvalue weighted by atomic mass is 35.5. The van der Waals surface area contributed by atoms with Crippen molar-refractivity contribution in [3.05, 3.63) is 64.2 Å². The van der Waals surface area contributed by atoms with Crippen molar-refractivity contribution in [3.63, 3.8) is 0 Å². The number of hydrogen-bond acceptors (Lipinski definition) is 2. The van der Waals surface area contributed by atoms with E-state index in [9.17, 15) is 4.79 Å². The average molecular weight is 304 g/mol. The molecule has 2 aromatic rings. The van der Waals surface area contributed by atoms with Gasteiger partial charge in [0.25, 0.3) is 5.91 Å². The van der Waals surface area contributed by atoms with Gasteiger partial charge in [-0.2, -0.15) is 0 Å². The van der Waals surface area contributed by atoms with E-state index in [1.807, 2.05) is 44.2 Å². The van der Waals surface area contributed by atoms with E-state index < -0.39 is 0 Å². The minimum Gasteiger partial charge on any atom is -0.484 e. The number of ether oxygens (including phenoxy) is 1. The second-order valence-corrected chi connectivity index (χ2v) is 5.37. The number of benzene rings is 2. The third-order valence-corrected chi connectivity index (χ3v) is 3.53. The van der Waals surface area contributed by atoms with Gasteiger partial charge in [0.1, 0.15) is 5.75 Å². The molecule has 0 saturated carbocycles. The minimum absolute atomic E-state index is 0.00701. The predicted octanol–water partition coefficient (Wildman–Crippen LogP) is 3.65. The zero-order chi connectivity index (χ0) is 15.2. The summed E-state index contributed by atoms with van der Waals surface area (Å²) in [6.07, 6.45) is 0. The smallest absolute Gasteiger partial charge is 0.258 e. The van der Waals surface area contributed by atoms with Crippen molar-refractivity contribution in [1.29, 1.82) is 0 Å². The summed E-state index contributed by atoms with van der Waals surface area (Å²) in [6.45, 7) is 4.42. The van der Waals surface area contributed by atoms with Gasteiger partial charge in [-0.3, -0.25) is 4.79 Å². The number of amides is 1. The summed E-state index contributed by atoms with van der Waals surface area (Å²) in [5, 5.41) is 3.51. The van der Waals surface area contributed by atoms with Gasteiger partial charge in [0.2, 0.25) is 0 Å². The van der Waals surface area contributed by atoms with Crippen LogP contribution < -0.4 is 10.1 Å². The fourth-order valence-electron chi connectivity index (χ4n) is 1.81. The normalized spacial score (nSPS) is 10.2. The molecule has 0 heterocycles. The second-order valence-electron chi connectivity index (χ2n) is 4.96. The van der Waals surface area contributed by atoms with Gasteiger partial charge < -0.3 is 10.1 Å². The fraction of sp³-hybridized carbons (Fsp3) is 0.235. The molecule has 0 atom stereocenters. The van der Waals surface area contributed by atoms with Crippen molar-refractivity contribution in [1.82, 2.24) is 5.32 Å². The van der Waals surface area contributed by atoms with E-state index in [1.54, 1.807) is 12.1 Å². The van der Waals surface area contributed by atoms with Crippen LogP contribution in [0.1, 0.15) is 16.7 Å². The van der Waals surface area contributed by atoms with Crippen molar-refractivity contribution in [2.24, 2.45) is 0 Å². The fourth-order valence-corrected chi connectivity index (χ4v) is 1.93. The highest BCUT2D eigenvalue weighted by molar-refractivity contribution is 6.31. The number of nitrogens with one attached hydrogen (secondary N) is 1. The first-order chi connectivity index (χ1) is 10.0. The van der Waals surface area contributed by atoms with Gasteiger partial charge in [0.05, 0.1) is 0 Å². The predicted molar refractivity (Wildman–Crippen MR) is 84.7 cm³/mol. The molecule has 21 heavy (non-hydrogen) atoms. The molecule has 0 aliphatic carbocycles. The summed E-state index contributed by atoms with van der Waals surface area (Å²) >= 11 is 5.94. The SMILES string of the molecule is Cc1ccc(CNC(=O)COc2ccc(Cl)c(C)c2)cc1. The van der Waals surface area contributed by atoms with Crippen LogP contribution in [0, 0.1) is 13.8 Å². The Morgan fingerprint density at radius 1 is 1.14 bits per heavy atom. The largest absolute Gasteiger partial charge is 0.484 e. The maximum absolute atomic E-state index is 11.7. The van der Waals surface area contributed by atoms with Crippen LogP contribution in [0.5, 0.6) is 5.75 Å². The number of rotatable bonds is 5. The molecule has 3 nitrogen and oxygen atoms in total. The molecule has 1 N–H and O–H groups in total. The quantitative estimate of drug-likeness (QED) is 0.915. The molecule has 0 saturated heterocycles. The van der Waals surface area contributed by atoms with E-state index in [-0.39, 0.29) is 12.5 Å². The molecule has 0 aliphatic heterocycles. The molecule has 0 bridgehead atoms. The van der Waals surface area contributed by atoms with Crippen LogP contribution >= 0.6 is 11.6 Å². The Labute approximate surface area is 129 Å². The third kappa shape index (κ3) is 4.80. The lowest BCUT2D eigenvalue weighted by Gasteiger charge is -2.09. The second kappa shape index (κ2) is 7.14. The molecule has 110 valence electrons. The highest BCUT2D eigenvalue weighted by Gasteiger charge is 2.04. The van der Waals surface area contributed by atoms with Crippen LogP contribution in [0.25, 0.3) is 0 Å². The zero-order valence-corrected chi connectivity index (χ0v) is 12.9. The molecular formula is C17H18ClNO2. The van der Waals surface area contributed by atoms with Crippen molar-refractivity contribution in [3.8, 4) is 5.75 Å². The molecule has 0 unspecified atom stereocenters. The Hall–Kier alpha value is -2.00. The lowest BCUT2D eigenvalue weighted by Crippen LogP contribution is -2.28. The van der Waals surface area contributed by atoms with Gasteiger partial charge in [-0.15, -0.1) is 0 Å². The van der Waals surface area contributed by atoms with Crippen LogP contribution in [0.3, 0.4) is 0 Å². The number of halogens is 1. The maximum Gasteiger partial charge on any atom is 0.258 e. The first kappa shape index (κ1) is 15.4. The van der Waals surface area contributed by atoms with Gasteiger partial charge in [-0.25, -0.2) is 0 Å². The number of carbonyl (C=O) groups excluding carboxylic acids is 1. The topological polar surface area (TPSA) is 38.3 Å².